The Morgan fingerprint density at radius 3 is 2.92 bits per heavy atom. The van der Waals surface area contributed by atoms with Gasteiger partial charge in [-0.15, -0.1) is 0 Å². The summed E-state index contributed by atoms with van der Waals surface area (Å²) >= 11 is 0. The summed E-state index contributed by atoms with van der Waals surface area (Å²) in [7, 11) is 1.61. The zero-order chi connectivity index (χ0) is 17.2. The smallest absolute Gasteiger partial charge is 0.269 e. The van der Waals surface area contributed by atoms with Crippen molar-refractivity contribution in [2.45, 2.75) is 18.8 Å². The largest absolute Gasteiger partial charge is 0.440 e. The Morgan fingerprint density at radius 1 is 1.20 bits per heavy atom. The first-order valence-corrected chi connectivity index (χ1v) is 8.54. The second-order valence-electron chi connectivity index (χ2n) is 6.27. The molecule has 128 valence electrons. The fraction of sp³-hybridized carbons (Fsp3) is 0.316. The minimum Gasteiger partial charge on any atom is -0.440 e. The summed E-state index contributed by atoms with van der Waals surface area (Å²) < 4.78 is 5.95. The molecule has 3 heterocycles. The molecule has 0 bridgehead atoms. The van der Waals surface area contributed by atoms with Crippen LogP contribution in [0.3, 0.4) is 0 Å². The number of nitrogens with one attached hydrogen (secondary N) is 1. The molecule has 1 aliphatic heterocycles. The van der Waals surface area contributed by atoms with Gasteiger partial charge in [0.05, 0.1) is 5.92 Å². The van der Waals surface area contributed by atoms with E-state index in [0.717, 1.165) is 48.7 Å². The number of nitrogens with zero attached hydrogens (tertiary/aromatic N) is 3. The average Bonchev–Trinajstić information content (AvgIpc) is 3.12. The Balaban J connectivity index is 1.57. The standard InChI is InChI=1S/C19H20N4O2/c1-20-18(24)15-8-4-10-17(21-15)23-11-5-6-13(12-23)19-22-14-7-2-3-9-16(14)25-19/h2-4,7-10,13H,5-6,11-12H2,1H3,(H,20,24)/t13-/m1/s1. The summed E-state index contributed by atoms with van der Waals surface area (Å²) in [5.41, 5.74) is 2.16. The van der Waals surface area contributed by atoms with Crippen molar-refractivity contribution in [3.8, 4) is 0 Å². The highest BCUT2D eigenvalue weighted by Gasteiger charge is 2.26. The zero-order valence-corrected chi connectivity index (χ0v) is 14.1. The maximum Gasteiger partial charge on any atom is 0.269 e. The van der Waals surface area contributed by atoms with Crippen LogP contribution >= 0.6 is 0 Å². The summed E-state index contributed by atoms with van der Waals surface area (Å²) in [6.07, 6.45) is 2.08. The topological polar surface area (TPSA) is 71.3 Å². The number of rotatable bonds is 3. The van der Waals surface area contributed by atoms with Crippen LogP contribution in [-0.2, 0) is 0 Å². The maximum atomic E-state index is 11.8. The number of piperidine rings is 1. The van der Waals surface area contributed by atoms with Crippen LogP contribution in [0.2, 0.25) is 0 Å². The monoisotopic (exact) mass is 336 g/mol. The van der Waals surface area contributed by atoms with E-state index in [1.165, 1.54) is 0 Å². The second-order valence-corrected chi connectivity index (χ2v) is 6.27. The van der Waals surface area contributed by atoms with Gasteiger partial charge in [-0.25, -0.2) is 9.97 Å². The lowest BCUT2D eigenvalue weighted by atomic mass is 9.98. The third-order valence-electron chi connectivity index (χ3n) is 4.60. The van der Waals surface area contributed by atoms with Crippen LogP contribution in [-0.4, -0.2) is 36.0 Å². The highest BCUT2D eigenvalue weighted by atomic mass is 16.3. The van der Waals surface area contributed by atoms with Crippen molar-refractivity contribution in [3.63, 3.8) is 0 Å². The molecule has 1 aromatic carbocycles. The molecule has 1 aliphatic rings. The molecule has 0 saturated carbocycles. The molecule has 2 aromatic heterocycles. The van der Waals surface area contributed by atoms with Crippen molar-refractivity contribution in [2.75, 3.05) is 25.0 Å². The lowest BCUT2D eigenvalue weighted by Crippen LogP contribution is -2.35. The first-order chi connectivity index (χ1) is 12.2. The minimum absolute atomic E-state index is 0.172. The molecule has 3 aromatic rings. The van der Waals surface area contributed by atoms with Gasteiger partial charge in [0.15, 0.2) is 11.5 Å². The van der Waals surface area contributed by atoms with E-state index in [0.29, 0.717) is 5.69 Å². The Hall–Kier alpha value is -2.89. The Morgan fingerprint density at radius 2 is 2.08 bits per heavy atom. The lowest BCUT2D eigenvalue weighted by Gasteiger charge is -2.32. The van der Waals surface area contributed by atoms with Gasteiger partial charge in [-0.3, -0.25) is 4.79 Å². The molecule has 1 fully saturated rings. The molecule has 1 atom stereocenters. The van der Waals surface area contributed by atoms with Gasteiger partial charge >= 0.3 is 0 Å². The van der Waals surface area contributed by atoms with Crippen LogP contribution in [0.1, 0.15) is 35.1 Å². The van der Waals surface area contributed by atoms with Crippen molar-refractivity contribution in [2.24, 2.45) is 0 Å². The van der Waals surface area contributed by atoms with Gasteiger partial charge in [0.2, 0.25) is 0 Å². The first-order valence-electron chi connectivity index (χ1n) is 8.54. The number of carbonyl (C=O) groups is 1. The zero-order valence-electron chi connectivity index (χ0n) is 14.1. The molecule has 1 N–H and O–H groups in total. The molecule has 6 nitrogen and oxygen atoms in total. The van der Waals surface area contributed by atoms with Crippen LogP contribution < -0.4 is 10.2 Å². The number of hydrogen-bond acceptors (Lipinski definition) is 5. The summed E-state index contributed by atoms with van der Waals surface area (Å²) in [6, 6.07) is 13.4. The van der Waals surface area contributed by atoms with E-state index in [9.17, 15) is 4.79 Å². The molecular formula is C19H20N4O2. The fourth-order valence-electron chi connectivity index (χ4n) is 3.31. The van der Waals surface area contributed by atoms with E-state index in [1.54, 1.807) is 13.1 Å². The maximum absolute atomic E-state index is 11.8. The van der Waals surface area contributed by atoms with Gasteiger partial charge in [-0.2, -0.15) is 0 Å². The van der Waals surface area contributed by atoms with E-state index in [2.05, 4.69) is 20.2 Å². The van der Waals surface area contributed by atoms with Crippen LogP contribution in [0.25, 0.3) is 11.1 Å². The number of pyridine rings is 1. The number of para-hydroxylation sites is 2. The van der Waals surface area contributed by atoms with Crippen molar-refractivity contribution in [1.29, 1.82) is 0 Å². The van der Waals surface area contributed by atoms with E-state index < -0.39 is 0 Å². The van der Waals surface area contributed by atoms with Gasteiger partial charge in [0.25, 0.3) is 5.91 Å². The minimum atomic E-state index is -0.172. The van der Waals surface area contributed by atoms with Gasteiger partial charge < -0.3 is 14.6 Å². The van der Waals surface area contributed by atoms with Crippen LogP contribution in [0.4, 0.5) is 5.82 Å². The molecule has 0 aliphatic carbocycles. The van der Waals surface area contributed by atoms with E-state index in [4.69, 9.17) is 4.42 Å². The number of amides is 1. The summed E-state index contributed by atoms with van der Waals surface area (Å²) in [5.74, 6) is 1.66. The number of aromatic nitrogens is 2. The average molecular weight is 336 g/mol. The Kier molecular flexibility index (Phi) is 4.09. The number of fused-ring (bicyclic) bond motifs is 1. The highest BCUT2D eigenvalue weighted by molar-refractivity contribution is 5.92. The van der Waals surface area contributed by atoms with Crippen LogP contribution in [0.15, 0.2) is 46.9 Å². The molecule has 4 rings (SSSR count). The van der Waals surface area contributed by atoms with Crippen molar-refractivity contribution in [3.05, 3.63) is 54.0 Å². The van der Waals surface area contributed by atoms with Gasteiger partial charge in [-0.1, -0.05) is 18.2 Å². The number of oxazole rings is 1. The van der Waals surface area contributed by atoms with E-state index in [-0.39, 0.29) is 11.8 Å². The van der Waals surface area contributed by atoms with Gasteiger partial charge in [0.1, 0.15) is 17.0 Å². The molecule has 1 saturated heterocycles. The second kappa shape index (κ2) is 6.55. The molecular weight excluding hydrogens is 316 g/mol. The van der Waals surface area contributed by atoms with Gasteiger partial charge in [-0.05, 0) is 37.1 Å². The number of hydrogen-bond donors (Lipinski definition) is 1. The fourth-order valence-corrected chi connectivity index (χ4v) is 3.31. The molecule has 0 radical (unpaired) electrons. The number of benzene rings is 1. The molecule has 0 spiro atoms. The molecule has 1 amide bonds. The molecule has 25 heavy (non-hydrogen) atoms. The molecule has 0 unspecified atom stereocenters. The quantitative estimate of drug-likeness (QED) is 0.796. The predicted octanol–water partition coefficient (Wildman–Crippen LogP) is 2.97. The van der Waals surface area contributed by atoms with Crippen molar-refractivity contribution in [1.82, 2.24) is 15.3 Å². The van der Waals surface area contributed by atoms with Crippen molar-refractivity contribution >= 4 is 22.8 Å². The Bertz CT molecular complexity index is 872. The third kappa shape index (κ3) is 3.07. The van der Waals surface area contributed by atoms with E-state index >= 15 is 0 Å². The highest BCUT2D eigenvalue weighted by Crippen LogP contribution is 2.30. The summed E-state index contributed by atoms with van der Waals surface area (Å²) in [6.45, 7) is 1.71. The third-order valence-corrected chi connectivity index (χ3v) is 4.60. The SMILES string of the molecule is CNC(=O)c1cccc(N2CCC[C@@H](c3nc4ccccc4o3)C2)n1. The van der Waals surface area contributed by atoms with E-state index in [1.807, 2.05) is 36.4 Å². The first kappa shape index (κ1) is 15.6. The number of carbonyl (C=O) groups excluding carboxylic acids is 1. The Labute approximate surface area is 145 Å². The summed E-state index contributed by atoms with van der Waals surface area (Å²) in [5, 5.41) is 2.62. The van der Waals surface area contributed by atoms with Crippen LogP contribution in [0, 0.1) is 0 Å². The van der Waals surface area contributed by atoms with Crippen LogP contribution in [0.5, 0.6) is 0 Å². The predicted molar refractivity (Wildman–Crippen MR) is 95.8 cm³/mol. The van der Waals surface area contributed by atoms with Crippen molar-refractivity contribution < 1.29 is 9.21 Å². The summed E-state index contributed by atoms with van der Waals surface area (Å²) in [4.78, 5) is 23.2. The normalized spacial score (nSPS) is 17.6. The lowest BCUT2D eigenvalue weighted by molar-refractivity contribution is 0.0958. The van der Waals surface area contributed by atoms with Gasteiger partial charge in [0, 0.05) is 20.1 Å². The number of anilines is 1. The molecule has 6 heteroatoms.